The molecule has 2 aromatic rings. The molecule has 0 spiro atoms. The minimum Gasteiger partial charge on any atom is -0.358 e. The lowest BCUT2D eigenvalue weighted by Gasteiger charge is -2.20. The maximum Gasteiger partial charge on any atom is 0.0892 e. The number of fused-ring (bicyclic) bond motifs is 1. The fourth-order valence-electron chi connectivity index (χ4n) is 2.09. The summed E-state index contributed by atoms with van der Waals surface area (Å²) >= 11 is 7.73. The Morgan fingerprint density at radius 3 is 2.57 bits per heavy atom. The summed E-state index contributed by atoms with van der Waals surface area (Å²) in [7, 11) is 0. The summed E-state index contributed by atoms with van der Waals surface area (Å²) in [5.41, 5.74) is 2.89. The van der Waals surface area contributed by atoms with Gasteiger partial charge < -0.3 is 10.6 Å². The molecule has 0 saturated heterocycles. The molecule has 0 fully saturated rings. The molecule has 0 aliphatic carbocycles. The third kappa shape index (κ3) is 3.26. The second-order valence-corrected chi connectivity index (χ2v) is 6.30. The number of thioether (sulfide) groups is 1. The summed E-state index contributed by atoms with van der Waals surface area (Å²) in [6, 6.07) is 12.4. The summed E-state index contributed by atoms with van der Waals surface area (Å²) in [5, 5.41) is 10.5. The zero-order valence-electron chi connectivity index (χ0n) is 11.4. The molecule has 2 aromatic carbocycles. The van der Waals surface area contributed by atoms with Gasteiger partial charge in [0.2, 0.25) is 0 Å². The van der Waals surface area contributed by atoms with E-state index < -0.39 is 0 Å². The predicted octanol–water partition coefficient (Wildman–Crippen LogP) is 4.75. The topological polar surface area (TPSA) is 24.1 Å². The molecule has 0 aromatic heterocycles. The molecule has 0 bridgehead atoms. The number of benzene rings is 2. The van der Waals surface area contributed by atoms with Gasteiger partial charge in [-0.05, 0) is 28.5 Å². The normalized spacial score (nSPS) is 14.6. The van der Waals surface area contributed by atoms with Crippen molar-refractivity contribution >= 4 is 34.1 Å². The second kappa shape index (κ2) is 5.88. The Labute approximate surface area is 133 Å². The van der Waals surface area contributed by atoms with Gasteiger partial charge in [0.15, 0.2) is 0 Å². The predicted molar refractivity (Wildman–Crippen MR) is 92.9 cm³/mol. The van der Waals surface area contributed by atoms with E-state index in [4.69, 9.17) is 11.6 Å². The average Bonchev–Trinajstić information content (AvgIpc) is 2.48. The van der Waals surface area contributed by atoms with Crippen molar-refractivity contribution < 1.29 is 0 Å². The van der Waals surface area contributed by atoms with Crippen LogP contribution in [0.1, 0.15) is 5.56 Å². The summed E-state index contributed by atoms with van der Waals surface area (Å²) < 4.78 is 0. The molecule has 4 heteroatoms. The van der Waals surface area contributed by atoms with Crippen LogP contribution in [0.3, 0.4) is 0 Å². The van der Waals surface area contributed by atoms with Crippen LogP contribution in [0.25, 0.3) is 10.8 Å². The van der Waals surface area contributed by atoms with Gasteiger partial charge in [-0.3, -0.25) is 0 Å². The summed E-state index contributed by atoms with van der Waals surface area (Å²) in [4.78, 5) is 0. The first-order chi connectivity index (χ1) is 10.1. The molecule has 3 rings (SSSR count). The molecule has 2 nitrogen and oxygen atoms in total. The SMILES string of the molecule is C=C1NC=C(SCc2ccc3cc(Cl)ccc3c2)NC1=C. The van der Waals surface area contributed by atoms with Crippen LogP contribution in [0, 0.1) is 0 Å². The molecule has 0 saturated carbocycles. The lowest BCUT2D eigenvalue weighted by atomic mass is 10.1. The molecule has 1 aliphatic heterocycles. The molecule has 0 unspecified atom stereocenters. The third-order valence-electron chi connectivity index (χ3n) is 3.28. The van der Waals surface area contributed by atoms with E-state index >= 15 is 0 Å². The van der Waals surface area contributed by atoms with Gasteiger partial charge in [-0.1, -0.05) is 49.0 Å². The Kier molecular flexibility index (Phi) is 3.95. The lowest BCUT2D eigenvalue weighted by molar-refractivity contribution is 0.911. The molecule has 1 heterocycles. The largest absolute Gasteiger partial charge is 0.358 e. The fourth-order valence-corrected chi connectivity index (χ4v) is 3.11. The average molecular weight is 315 g/mol. The van der Waals surface area contributed by atoms with Crippen molar-refractivity contribution in [1.82, 2.24) is 10.6 Å². The molecule has 0 atom stereocenters. The highest BCUT2D eigenvalue weighted by molar-refractivity contribution is 8.02. The van der Waals surface area contributed by atoms with Crippen molar-refractivity contribution in [3.8, 4) is 0 Å². The summed E-state index contributed by atoms with van der Waals surface area (Å²) in [5.74, 6) is 0.888. The van der Waals surface area contributed by atoms with Crippen molar-refractivity contribution in [2.45, 2.75) is 5.75 Å². The van der Waals surface area contributed by atoms with Gasteiger partial charge >= 0.3 is 0 Å². The van der Waals surface area contributed by atoms with Gasteiger partial charge in [-0.25, -0.2) is 0 Å². The van der Waals surface area contributed by atoms with E-state index in [9.17, 15) is 0 Å². The van der Waals surface area contributed by atoms with Crippen molar-refractivity contribution in [2.75, 3.05) is 0 Å². The molecule has 0 radical (unpaired) electrons. The Hall–Kier alpha value is -1.84. The molecule has 2 N–H and O–H groups in total. The zero-order valence-corrected chi connectivity index (χ0v) is 13.0. The van der Waals surface area contributed by atoms with Gasteiger partial charge in [0.25, 0.3) is 0 Å². The summed E-state index contributed by atoms with van der Waals surface area (Å²) in [6.45, 7) is 7.76. The van der Waals surface area contributed by atoms with Crippen LogP contribution in [0.5, 0.6) is 0 Å². The quantitative estimate of drug-likeness (QED) is 0.855. The van der Waals surface area contributed by atoms with E-state index in [2.05, 4.69) is 48.1 Å². The lowest BCUT2D eigenvalue weighted by Crippen LogP contribution is -2.24. The second-order valence-electron chi connectivity index (χ2n) is 4.85. The highest BCUT2D eigenvalue weighted by atomic mass is 35.5. The minimum absolute atomic E-state index is 0.769. The van der Waals surface area contributed by atoms with Crippen molar-refractivity contribution in [3.05, 3.63) is 82.8 Å². The number of rotatable bonds is 3. The zero-order chi connectivity index (χ0) is 14.8. The van der Waals surface area contributed by atoms with E-state index in [0.717, 1.165) is 32.6 Å². The molecular formula is C17H15ClN2S. The van der Waals surface area contributed by atoms with Crippen molar-refractivity contribution in [2.24, 2.45) is 0 Å². The Bertz CT molecular complexity index is 764. The monoisotopic (exact) mass is 314 g/mol. The van der Waals surface area contributed by atoms with Crippen LogP contribution >= 0.6 is 23.4 Å². The van der Waals surface area contributed by atoms with Crippen molar-refractivity contribution in [1.29, 1.82) is 0 Å². The molecule has 106 valence electrons. The van der Waals surface area contributed by atoms with Gasteiger partial charge in [0, 0.05) is 17.0 Å². The standard InChI is InChI=1S/C17H15ClN2S/c1-11-12(2)20-17(9-19-11)21-10-13-3-4-15-8-16(18)6-5-14(15)7-13/h3-9,19-20H,1-2,10H2. The molecule has 21 heavy (non-hydrogen) atoms. The van der Waals surface area contributed by atoms with E-state index in [0.29, 0.717) is 0 Å². The van der Waals surface area contributed by atoms with Crippen LogP contribution in [0.2, 0.25) is 5.02 Å². The number of nitrogens with one attached hydrogen (secondary N) is 2. The minimum atomic E-state index is 0.769. The van der Waals surface area contributed by atoms with E-state index in [-0.39, 0.29) is 0 Å². The summed E-state index contributed by atoms with van der Waals surface area (Å²) in [6.07, 6.45) is 1.92. The third-order valence-corrected chi connectivity index (χ3v) is 4.52. The van der Waals surface area contributed by atoms with Gasteiger partial charge in [0.1, 0.15) is 0 Å². The van der Waals surface area contributed by atoms with Crippen LogP contribution in [0.4, 0.5) is 0 Å². The Morgan fingerprint density at radius 2 is 1.76 bits per heavy atom. The van der Waals surface area contributed by atoms with Gasteiger partial charge in [-0.15, -0.1) is 11.8 Å². The van der Waals surface area contributed by atoms with Crippen LogP contribution in [-0.2, 0) is 5.75 Å². The van der Waals surface area contributed by atoms with E-state index in [1.54, 1.807) is 11.8 Å². The van der Waals surface area contributed by atoms with Crippen LogP contribution in [-0.4, -0.2) is 0 Å². The van der Waals surface area contributed by atoms with Gasteiger partial charge in [-0.2, -0.15) is 0 Å². The fraction of sp³-hybridized carbons (Fsp3) is 0.0588. The molecule has 0 amide bonds. The van der Waals surface area contributed by atoms with Crippen LogP contribution < -0.4 is 10.6 Å². The highest BCUT2D eigenvalue weighted by Gasteiger charge is 2.09. The smallest absolute Gasteiger partial charge is 0.0892 e. The number of halogens is 1. The highest BCUT2D eigenvalue weighted by Crippen LogP contribution is 2.26. The molecular weight excluding hydrogens is 300 g/mol. The number of hydrogen-bond donors (Lipinski definition) is 2. The Morgan fingerprint density at radius 1 is 1.00 bits per heavy atom. The maximum atomic E-state index is 6.00. The first kappa shape index (κ1) is 14.1. The maximum absolute atomic E-state index is 6.00. The first-order valence-corrected chi connectivity index (χ1v) is 7.91. The van der Waals surface area contributed by atoms with E-state index in [1.807, 2.05) is 18.3 Å². The van der Waals surface area contributed by atoms with E-state index in [1.165, 1.54) is 10.9 Å². The Balaban J connectivity index is 1.72. The van der Waals surface area contributed by atoms with Gasteiger partial charge in [0.05, 0.1) is 16.4 Å². The first-order valence-electron chi connectivity index (χ1n) is 6.55. The van der Waals surface area contributed by atoms with Crippen LogP contribution in [0.15, 0.2) is 72.2 Å². The van der Waals surface area contributed by atoms with Crippen molar-refractivity contribution in [3.63, 3.8) is 0 Å². The number of hydrogen-bond acceptors (Lipinski definition) is 3. The molecule has 1 aliphatic rings.